The van der Waals surface area contributed by atoms with E-state index in [2.05, 4.69) is 20.2 Å². The topological polar surface area (TPSA) is 73.6 Å². The molecule has 4 rings (SSSR count). The van der Waals surface area contributed by atoms with Crippen LogP contribution in [0.4, 0.5) is 13.2 Å². The molecule has 6 nitrogen and oxygen atoms in total. The second kappa shape index (κ2) is 7.28. The van der Waals surface area contributed by atoms with Crippen molar-refractivity contribution in [3.8, 4) is 5.82 Å². The van der Waals surface area contributed by atoms with E-state index in [-0.39, 0.29) is 15.7 Å². The molecule has 3 heterocycles. The molecule has 0 bridgehead atoms. The molecule has 0 saturated carbocycles. The Hall–Kier alpha value is -3.27. The lowest BCUT2D eigenvalue weighted by Gasteiger charge is -2.12. The molecule has 0 atom stereocenters. The van der Waals surface area contributed by atoms with Crippen LogP contribution < -0.4 is 5.56 Å². The summed E-state index contributed by atoms with van der Waals surface area (Å²) in [6, 6.07) is 12.4. The van der Waals surface area contributed by atoms with E-state index >= 15 is 0 Å². The van der Waals surface area contributed by atoms with Gasteiger partial charge in [0.25, 0.3) is 5.56 Å². The van der Waals surface area contributed by atoms with Gasteiger partial charge >= 0.3 is 6.18 Å². The second-order valence-electron chi connectivity index (χ2n) is 6.10. The van der Waals surface area contributed by atoms with E-state index in [1.54, 1.807) is 42.6 Å². The number of hydrogen-bond donors (Lipinski definition) is 0. The molecule has 1 aromatic carbocycles. The highest BCUT2D eigenvalue weighted by Gasteiger charge is 2.33. The van der Waals surface area contributed by atoms with Gasteiger partial charge in [0, 0.05) is 6.20 Å². The first-order valence-corrected chi connectivity index (χ1v) is 9.18. The normalized spacial score (nSPS) is 11.7. The van der Waals surface area contributed by atoms with Crippen LogP contribution >= 0.6 is 11.8 Å². The third-order valence-electron chi connectivity index (χ3n) is 4.00. The molecule has 0 N–H and O–H groups in total. The van der Waals surface area contributed by atoms with Gasteiger partial charge in [0.1, 0.15) is 10.8 Å². The minimum atomic E-state index is -4.58. The fourth-order valence-electron chi connectivity index (χ4n) is 2.64. The van der Waals surface area contributed by atoms with E-state index in [1.807, 2.05) is 6.92 Å². The van der Waals surface area contributed by atoms with Crippen LogP contribution in [0.2, 0.25) is 0 Å². The monoisotopic (exact) mass is 415 g/mol. The average Bonchev–Trinajstić information content (AvgIpc) is 2.68. The average molecular weight is 415 g/mol. The number of halogens is 3. The summed E-state index contributed by atoms with van der Waals surface area (Å²) in [6.45, 7) is 1.86. The molecule has 0 saturated heterocycles. The van der Waals surface area contributed by atoms with E-state index in [0.29, 0.717) is 16.7 Å². The van der Waals surface area contributed by atoms with E-state index < -0.39 is 11.9 Å². The Labute approximate surface area is 166 Å². The number of benzene rings is 1. The maximum Gasteiger partial charge on any atom is 0.435 e. The molecular formula is C19H12F3N5OS. The summed E-state index contributed by atoms with van der Waals surface area (Å²) in [6.07, 6.45) is -3.01. The number of para-hydroxylation sites is 1. The summed E-state index contributed by atoms with van der Waals surface area (Å²) in [5, 5.41) is 7.63. The first-order valence-electron chi connectivity index (χ1n) is 8.36. The van der Waals surface area contributed by atoms with Crippen LogP contribution in [0.15, 0.2) is 69.7 Å². The summed E-state index contributed by atoms with van der Waals surface area (Å²) < 4.78 is 39.5. The van der Waals surface area contributed by atoms with Gasteiger partial charge in [0.15, 0.2) is 10.9 Å². The summed E-state index contributed by atoms with van der Waals surface area (Å²) in [5.41, 5.74) is -0.0776. The smallest absolute Gasteiger partial charge is 0.268 e. The molecule has 146 valence electrons. The van der Waals surface area contributed by atoms with Gasteiger partial charge in [-0.1, -0.05) is 12.1 Å². The molecular weight excluding hydrogens is 403 g/mol. The predicted molar refractivity (Wildman–Crippen MR) is 101 cm³/mol. The highest BCUT2D eigenvalue weighted by Crippen LogP contribution is 2.30. The van der Waals surface area contributed by atoms with Gasteiger partial charge in [-0.25, -0.2) is 14.5 Å². The first-order chi connectivity index (χ1) is 13.8. The van der Waals surface area contributed by atoms with Gasteiger partial charge in [-0.05, 0) is 60.6 Å². The standard InChI is InChI=1S/C19H12F3N5OS/c1-11-8-9-23-15(10-11)27-17(28)12-4-2-3-5-13(12)24-18(27)29-16-7-6-14(25-26-16)19(20,21)22/h2-10H,1H3. The van der Waals surface area contributed by atoms with Crippen LogP contribution in [0.25, 0.3) is 16.7 Å². The molecule has 0 aliphatic rings. The van der Waals surface area contributed by atoms with E-state index in [0.717, 1.165) is 23.4 Å². The van der Waals surface area contributed by atoms with Crippen LogP contribution in [0, 0.1) is 6.92 Å². The van der Waals surface area contributed by atoms with Crippen molar-refractivity contribution in [2.24, 2.45) is 0 Å². The van der Waals surface area contributed by atoms with E-state index in [9.17, 15) is 18.0 Å². The molecule has 3 aromatic heterocycles. The molecule has 0 unspecified atom stereocenters. The molecule has 0 aliphatic heterocycles. The number of fused-ring (bicyclic) bond motifs is 1. The quantitative estimate of drug-likeness (QED) is 0.470. The maximum atomic E-state index is 13.1. The molecule has 0 spiro atoms. The molecule has 4 aromatic rings. The predicted octanol–water partition coefficient (Wildman–Crippen LogP) is 4.05. The summed E-state index contributed by atoms with van der Waals surface area (Å²) in [5.74, 6) is 0.357. The Morgan fingerprint density at radius 2 is 1.83 bits per heavy atom. The van der Waals surface area contributed by atoms with Crippen molar-refractivity contribution >= 4 is 22.7 Å². The summed E-state index contributed by atoms with van der Waals surface area (Å²) >= 11 is 0.934. The van der Waals surface area contributed by atoms with Gasteiger partial charge in [0.05, 0.1) is 10.9 Å². The fourth-order valence-corrected chi connectivity index (χ4v) is 3.46. The van der Waals surface area contributed by atoms with Gasteiger partial charge < -0.3 is 0 Å². The third-order valence-corrected chi connectivity index (χ3v) is 4.88. The molecule has 0 radical (unpaired) electrons. The van der Waals surface area contributed by atoms with Gasteiger partial charge in [-0.2, -0.15) is 13.2 Å². The third kappa shape index (κ3) is 3.83. The number of pyridine rings is 1. The molecule has 0 fully saturated rings. The van der Waals surface area contributed by atoms with Crippen molar-refractivity contribution in [2.75, 3.05) is 0 Å². The summed E-state index contributed by atoms with van der Waals surface area (Å²) in [4.78, 5) is 21.9. The highest BCUT2D eigenvalue weighted by molar-refractivity contribution is 7.99. The van der Waals surface area contributed by atoms with Crippen LogP contribution in [0.1, 0.15) is 11.3 Å². The minimum Gasteiger partial charge on any atom is -0.268 e. The Morgan fingerprint density at radius 3 is 2.52 bits per heavy atom. The minimum absolute atomic E-state index is 0.168. The lowest BCUT2D eigenvalue weighted by atomic mass is 10.2. The lowest BCUT2D eigenvalue weighted by Crippen LogP contribution is -2.22. The van der Waals surface area contributed by atoms with Crippen molar-refractivity contribution in [3.05, 3.63) is 76.3 Å². The largest absolute Gasteiger partial charge is 0.435 e. The number of aromatic nitrogens is 5. The van der Waals surface area contributed by atoms with Gasteiger partial charge in [-0.15, -0.1) is 10.2 Å². The highest BCUT2D eigenvalue weighted by atomic mass is 32.2. The van der Waals surface area contributed by atoms with Crippen LogP contribution in [0.5, 0.6) is 0 Å². The Kier molecular flexibility index (Phi) is 4.79. The second-order valence-corrected chi connectivity index (χ2v) is 7.09. The van der Waals surface area contributed by atoms with Crippen molar-refractivity contribution in [3.63, 3.8) is 0 Å². The number of rotatable bonds is 3. The SMILES string of the molecule is Cc1ccnc(-n2c(Sc3ccc(C(F)(F)F)nn3)nc3ccccc3c2=O)c1. The molecule has 0 amide bonds. The molecule has 0 aliphatic carbocycles. The maximum absolute atomic E-state index is 13.1. The first kappa shape index (κ1) is 19.1. The summed E-state index contributed by atoms with van der Waals surface area (Å²) in [7, 11) is 0. The molecule has 29 heavy (non-hydrogen) atoms. The number of alkyl halides is 3. The lowest BCUT2D eigenvalue weighted by molar-refractivity contribution is -0.141. The van der Waals surface area contributed by atoms with Gasteiger partial charge in [-0.3, -0.25) is 4.79 Å². The van der Waals surface area contributed by atoms with Crippen molar-refractivity contribution in [2.45, 2.75) is 23.3 Å². The fraction of sp³-hybridized carbons (Fsp3) is 0.105. The Bertz CT molecular complexity index is 1260. The Balaban J connectivity index is 1.87. The van der Waals surface area contributed by atoms with Crippen molar-refractivity contribution < 1.29 is 13.2 Å². The zero-order valence-corrected chi connectivity index (χ0v) is 15.7. The zero-order valence-electron chi connectivity index (χ0n) is 14.9. The number of nitrogens with zero attached hydrogens (tertiary/aromatic N) is 5. The van der Waals surface area contributed by atoms with Gasteiger partial charge in [0.2, 0.25) is 0 Å². The molecule has 10 heteroatoms. The van der Waals surface area contributed by atoms with Crippen molar-refractivity contribution in [1.29, 1.82) is 0 Å². The zero-order chi connectivity index (χ0) is 20.6. The van der Waals surface area contributed by atoms with Crippen LogP contribution in [-0.2, 0) is 6.18 Å². The Morgan fingerprint density at radius 1 is 1.03 bits per heavy atom. The van der Waals surface area contributed by atoms with Crippen LogP contribution in [-0.4, -0.2) is 24.7 Å². The van der Waals surface area contributed by atoms with Crippen LogP contribution in [0.3, 0.4) is 0 Å². The van der Waals surface area contributed by atoms with E-state index in [4.69, 9.17) is 0 Å². The van der Waals surface area contributed by atoms with Crippen molar-refractivity contribution in [1.82, 2.24) is 24.7 Å². The van der Waals surface area contributed by atoms with E-state index in [1.165, 1.54) is 10.6 Å². The number of aryl methyl sites for hydroxylation is 1. The number of hydrogen-bond acceptors (Lipinski definition) is 6.